The van der Waals surface area contributed by atoms with Crippen molar-refractivity contribution in [1.82, 2.24) is 0 Å². The van der Waals surface area contributed by atoms with Gasteiger partial charge in [0, 0.05) is 0 Å². The third-order valence-corrected chi connectivity index (χ3v) is 7.86. The fourth-order valence-corrected chi connectivity index (χ4v) is 6.96. The van der Waals surface area contributed by atoms with Gasteiger partial charge in [0.15, 0.2) is 0 Å². The van der Waals surface area contributed by atoms with Crippen molar-refractivity contribution in [1.29, 1.82) is 0 Å². The van der Waals surface area contributed by atoms with Gasteiger partial charge >= 0.3 is 140 Å². The van der Waals surface area contributed by atoms with E-state index in [2.05, 4.69) is 111 Å². The maximum atomic E-state index is 2.47. The Morgan fingerprint density at radius 3 is 0.957 bits per heavy atom. The van der Waals surface area contributed by atoms with Gasteiger partial charge in [-0.05, 0) is 0 Å². The second-order valence-corrected chi connectivity index (χ2v) is 12.3. The molecule has 23 heavy (non-hydrogen) atoms. The van der Waals surface area contributed by atoms with E-state index in [1.165, 1.54) is 16.7 Å². The molecule has 118 valence electrons. The van der Waals surface area contributed by atoms with Gasteiger partial charge in [0.25, 0.3) is 0 Å². The Labute approximate surface area is 140 Å². The van der Waals surface area contributed by atoms with Gasteiger partial charge in [0.05, 0.1) is 0 Å². The van der Waals surface area contributed by atoms with Crippen LogP contribution in [-0.4, -0.2) is 20.0 Å². The monoisotopic (exact) mass is 320 g/mol. The van der Waals surface area contributed by atoms with Crippen LogP contribution in [0.15, 0.2) is 91.0 Å². The Hall–Kier alpha value is -1.91. The normalized spacial score (nSPS) is 12.8. The van der Waals surface area contributed by atoms with Crippen LogP contribution in [0.25, 0.3) is 0 Å². The first-order valence-electron chi connectivity index (χ1n) is 8.23. The number of hydrogen-bond donors (Lipinski definition) is 0. The van der Waals surface area contributed by atoms with Crippen molar-refractivity contribution in [2.45, 2.75) is 5.16 Å². The summed E-state index contributed by atoms with van der Waals surface area (Å²) in [6, 6.07) is 33.0. The summed E-state index contributed by atoms with van der Waals surface area (Å²) in [6.45, 7) is 7.42. The molecular formula is C22H25P. The van der Waals surface area contributed by atoms with E-state index < -0.39 is 7.26 Å². The molecule has 1 heteroatoms. The summed E-state index contributed by atoms with van der Waals surface area (Å²) in [4.78, 5) is 0. The molecule has 0 aliphatic heterocycles. The second kappa shape index (κ2) is 6.30. The average Bonchev–Trinajstić information content (AvgIpc) is 2.57. The van der Waals surface area contributed by atoms with Crippen LogP contribution in [0, 0.1) is 0 Å². The molecule has 3 aromatic rings. The average molecular weight is 320 g/mol. The van der Waals surface area contributed by atoms with Crippen LogP contribution in [-0.2, 0) is 5.16 Å². The van der Waals surface area contributed by atoms with Gasteiger partial charge in [-0.3, -0.25) is 0 Å². The summed E-state index contributed by atoms with van der Waals surface area (Å²) < 4.78 is 0. The minimum absolute atomic E-state index is 0.0449. The van der Waals surface area contributed by atoms with Crippen molar-refractivity contribution in [3.05, 3.63) is 108 Å². The summed E-state index contributed by atoms with van der Waals surface area (Å²) in [5.41, 5.74) is 4.20. The van der Waals surface area contributed by atoms with Crippen LogP contribution < -0.4 is 0 Å². The molecule has 0 atom stereocenters. The van der Waals surface area contributed by atoms with Crippen LogP contribution in [0.4, 0.5) is 0 Å². The fourth-order valence-electron chi connectivity index (χ4n) is 3.86. The van der Waals surface area contributed by atoms with E-state index in [9.17, 15) is 0 Å². The summed E-state index contributed by atoms with van der Waals surface area (Å²) in [7, 11) is -1.66. The van der Waals surface area contributed by atoms with Crippen molar-refractivity contribution in [2.75, 3.05) is 20.0 Å². The van der Waals surface area contributed by atoms with Crippen molar-refractivity contribution in [2.24, 2.45) is 0 Å². The van der Waals surface area contributed by atoms with Gasteiger partial charge < -0.3 is 0 Å². The first kappa shape index (κ1) is 16.0. The first-order chi connectivity index (χ1) is 11.1. The molecule has 0 N–H and O–H groups in total. The Kier molecular flexibility index (Phi) is 4.37. The van der Waals surface area contributed by atoms with E-state index in [1.54, 1.807) is 0 Å². The Bertz CT molecular complexity index is 644. The standard InChI is InChI=1S/C22H25P/c1-23(2,3)22(19-13-7-4-8-14-19,20-15-9-5-10-16-20)21-17-11-6-12-18-21/h4-18,23H,1-3H3. The zero-order chi connectivity index (χ0) is 16.3. The topological polar surface area (TPSA) is 0 Å². The molecule has 0 radical (unpaired) electrons. The van der Waals surface area contributed by atoms with Gasteiger partial charge in [-0.2, -0.15) is 0 Å². The summed E-state index contributed by atoms with van der Waals surface area (Å²) in [6.07, 6.45) is 0. The van der Waals surface area contributed by atoms with Crippen molar-refractivity contribution < 1.29 is 0 Å². The Balaban J connectivity index is 2.41. The molecule has 0 aliphatic rings. The molecule has 0 nitrogen and oxygen atoms in total. The predicted octanol–water partition coefficient (Wildman–Crippen LogP) is 5.62. The van der Waals surface area contributed by atoms with Crippen LogP contribution in [0.2, 0.25) is 0 Å². The molecular weight excluding hydrogens is 295 g/mol. The molecule has 3 aromatic carbocycles. The molecule has 0 unspecified atom stereocenters. The molecule has 0 aromatic heterocycles. The summed E-state index contributed by atoms with van der Waals surface area (Å²) >= 11 is 0. The fraction of sp³-hybridized carbons (Fsp3) is 0.182. The van der Waals surface area contributed by atoms with E-state index in [-0.39, 0.29) is 5.16 Å². The van der Waals surface area contributed by atoms with Gasteiger partial charge in [-0.15, -0.1) is 0 Å². The third-order valence-electron chi connectivity index (χ3n) is 4.75. The molecule has 0 aliphatic carbocycles. The van der Waals surface area contributed by atoms with E-state index in [1.807, 2.05) is 0 Å². The minimum atomic E-state index is -1.66. The molecule has 0 spiro atoms. The molecule has 0 bridgehead atoms. The predicted molar refractivity (Wildman–Crippen MR) is 105 cm³/mol. The van der Waals surface area contributed by atoms with Crippen LogP contribution >= 0.6 is 7.26 Å². The van der Waals surface area contributed by atoms with E-state index in [0.29, 0.717) is 0 Å². The Morgan fingerprint density at radius 2 is 0.739 bits per heavy atom. The summed E-state index contributed by atoms with van der Waals surface area (Å²) in [5, 5.41) is -0.0449. The molecule has 0 fully saturated rings. The second-order valence-electron chi connectivity index (χ2n) is 7.10. The van der Waals surface area contributed by atoms with Crippen molar-refractivity contribution >= 4 is 7.26 Å². The maximum absolute atomic E-state index is 2.47. The SMILES string of the molecule is C[PH](C)(C)C(c1ccccc1)(c1ccccc1)c1ccccc1. The van der Waals surface area contributed by atoms with Gasteiger partial charge in [0.1, 0.15) is 0 Å². The van der Waals surface area contributed by atoms with Crippen molar-refractivity contribution in [3.63, 3.8) is 0 Å². The summed E-state index contributed by atoms with van der Waals surface area (Å²) in [5.74, 6) is 0. The third kappa shape index (κ3) is 2.73. The Morgan fingerprint density at radius 1 is 0.478 bits per heavy atom. The van der Waals surface area contributed by atoms with Gasteiger partial charge in [-0.1, -0.05) is 0 Å². The first-order valence-corrected chi connectivity index (χ1v) is 11.7. The molecule has 0 amide bonds. The molecule has 0 saturated carbocycles. The molecule has 3 rings (SSSR count). The molecule has 0 saturated heterocycles. The van der Waals surface area contributed by atoms with Crippen LogP contribution in [0.5, 0.6) is 0 Å². The van der Waals surface area contributed by atoms with Crippen LogP contribution in [0.3, 0.4) is 0 Å². The number of rotatable bonds is 4. The van der Waals surface area contributed by atoms with Crippen LogP contribution in [0.1, 0.15) is 16.7 Å². The zero-order valence-electron chi connectivity index (χ0n) is 14.2. The van der Waals surface area contributed by atoms with E-state index >= 15 is 0 Å². The quantitative estimate of drug-likeness (QED) is 0.432. The van der Waals surface area contributed by atoms with E-state index in [4.69, 9.17) is 0 Å². The molecule has 0 heterocycles. The van der Waals surface area contributed by atoms with Crippen molar-refractivity contribution in [3.8, 4) is 0 Å². The number of benzene rings is 3. The van der Waals surface area contributed by atoms with Gasteiger partial charge in [-0.25, -0.2) is 0 Å². The zero-order valence-corrected chi connectivity index (χ0v) is 15.2. The van der Waals surface area contributed by atoms with Gasteiger partial charge in [0.2, 0.25) is 0 Å². The van der Waals surface area contributed by atoms with E-state index in [0.717, 1.165) is 0 Å². The number of hydrogen-bond acceptors (Lipinski definition) is 0.